The molecule has 5 nitrogen and oxygen atoms in total. The zero-order valence-corrected chi connectivity index (χ0v) is 11.8. The summed E-state index contributed by atoms with van der Waals surface area (Å²) in [6.07, 6.45) is 1.68. The number of piperidine rings is 1. The van der Waals surface area contributed by atoms with Gasteiger partial charge in [0.15, 0.2) is 0 Å². The minimum atomic E-state index is -1.41. The van der Waals surface area contributed by atoms with Crippen molar-refractivity contribution in [3.8, 4) is 0 Å². The molecule has 0 radical (unpaired) electrons. The molecular weight excluding hydrogens is 282 g/mol. The number of carbonyl (C=O) groups excluding carboxylic acids is 1. The molecule has 114 valence electrons. The molecule has 0 saturated carbocycles. The van der Waals surface area contributed by atoms with Gasteiger partial charge in [0.05, 0.1) is 4.92 Å². The Labute approximate surface area is 120 Å². The molecule has 1 aromatic rings. The lowest BCUT2D eigenvalue weighted by molar-refractivity contribution is -0.387. The lowest BCUT2D eigenvalue weighted by Crippen LogP contribution is -2.46. The summed E-state index contributed by atoms with van der Waals surface area (Å²) >= 11 is 0. The molecule has 1 aliphatic heterocycles. The summed E-state index contributed by atoms with van der Waals surface area (Å²) in [5.74, 6) is -3.09. The standard InChI is InChI=1S/C14H16F2N2O3/c1-8-4-3-7-17(9(8)2)14(19)12-10(15)5-6-11(13(12)16)18(20)21/h5-6,8-9H,3-4,7H2,1-2H3. The van der Waals surface area contributed by atoms with Gasteiger partial charge in [0.25, 0.3) is 5.91 Å². The highest BCUT2D eigenvalue weighted by atomic mass is 19.1. The third-order valence-corrected chi connectivity index (χ3v) is 4.12. The number of hydrogen-bond donors (Lipinski definition) is 0. The number of benzene rings is 1. The Morgan fingerprint density at radius 1 is 1.38 bits per heavy atom. The molecular formula is C14H16F2N2O3. The van der Waals surface area contributed by atoms with E-state index in [2.05, 4.69) is 0 Å². The molecule has 2 unspecified atom stereocenters. The summed E-state index contributed by atoms with van der Waals surface area (Å²) in [5, 5.41) is 10.7. The van der Waals surface area contributed by atoms with Crippen molar-refractivity contribution >= 4 is 11.6 Å². The van der Waals surface area contributed by atoms with Gasteiger partial charge in [0.2, 0.25) is 5.82 Å². The molecule has 0 N–H and O–H groups in total. The highest BCUT2D eigenvalue weighted by Gasteiger charge is 2.34. The fourth-order valence-corrected chi connectivity index (χ4v) is 2.64. The Balaban J connectivity index is 2.43. The Morgan fingerprint density at radius 3 is 2.67 bits per heavy atom. The van der Waals surface area contributed by atoms with Gasteiger partial charge in [-0.2, -0.15) is 4.39 Å². The zero-order valence-electron chi connectivity index (χ0n) is 11.8. The number of nitrogens with zero attached hydrogens (tertiary/aromatic N) is 2. The predicted molar refractivity (Wildman–Crippen MR) is 71.9 cm³/mol. The maximum atomic E-state index is 14.1. The summed E-state index contributed by atoms with van der Waals surface area (Å²) in [5.41, 5.74) is -1.73. The average Bonchev–Trinajstić information content (AvgIpc) is 2.41. The number of nitro benzene ring substituents is 1. The number of nitro groups is 1. The van der Waals surface area contributed by atoms with Gasteiger partial charge in [-0.05, 0) is 31.7 Å². The van der Waals surface area contributed by atoms with Gasteiger partial charge in [-0.1, -0.05) is 6.92 Å². The molecule has 1 saturated heterocycles. The van der Waals surface area contributed by atoms with Crippen molar-refractivity contribution in [2.24, 2.45) is 5.92 Å². The van der Waals surface area contributed by atoms with Crippen molar-refractivity contribution in [2.75, 3.05) is 6.54 Å². The molecule has 21 heavy (non-hydrogen) atoms. The first-order chi connectivity index (χ1) is 9.84. The van der Waals surface area contributed by atoms with Gasteiger partial charge in [-0.3, -0.25) is 14.9 Å². The summed E-state index contributed by atoms with van der Waals surface area (Å²) in [7, 11) is 0. The maximum absolute atomic E-state index is 14.1. The number of likely N-dealkylation sites (tertiary alicyclic amines) is 1. The van der Waals surface area contributed by atoms with Gasteiger partial charge in [0, 0.05) is 18.7 Å². The van der Waals surface area contributed by atoms with Crippen LogP contribution < -0.4 is 0 Å². The van der Waals surface area contributed by atoms with E-state index in [-0.39, 0.29) is 12.0 Å². The molecule has 0 spiro atoms. The van der Waals surface area contributed by atoms with Crippen LogP contribution in [-0.4, -0.2) is 28.3 Å². The van der Waals surface area contributed by atoms with Crippen LogP contribution in [0.15, 0.2) is 12.1 Å². The smallest absolute Gasteiger partial charge is 0.305 e. The van der Waals surface area contributed by atoms with Crippen molar-refractivity contribution in [2.45, 2.75) is 32.7 Å². The van der Waals surface area contributed by atoms with E-state index in [1.807, 2.05) is 13.8 Å². The molecule has 7 heteroatoms. The van der Waals surface area contributed by atoms with Gasteiger partial charge in [0.1, 0.15) is 11.4 Å². The molecule has 1 amide bonds. The second kappa shape index (κ2) is 5.75. The number of halogens is 2. The first-order valence-electron chi connectivity index (χ1n) is 6.78. The van der Waals surface area contributed by atoms with Crippen molar-refractivity contribution in [1.82, 2.24) is 4.90 Å². The lowest BCUT2D eigenvalue weighted by Gasteiger charge is -2.38. The van der Waals surface area contributed by atoms with E-state index in [9.17, 15) is 23.7 Å². The SMILES string of the molecule is CC1CCCN(C(=O)c2c(F)ccc([N+](=O)[O-])c2F)C1C. The van der Waals surface area contributed by atoms with E-state index >= 15 is 0 Å². The minimum Gasteiger partial charge on any atom is -0.335 e. The molecule has 1 fully saturated rings. The van der Waals surface area contributed by atoms with Crippen molar-refractivity contribution in [3.63, 3.8) is 0 Å². The Morgan fingerprint density at radius 2 is 2.05 bits per heavy atom. The van der Waals surface area contributed by atoms with Crippen LogP contribution in [0.4, 0.5) is 14.5 Å². The summed E-state index contributed by atoms with van der Waals surface area (Å²) < 4.78 is 27.9. The Bertz CT molecular complexity index is 592. The number of rotatable bonds is 2. The van der Waals surface area contributed by atoms with Gasteiger partial charge < -0.3 is 4.90 Å². The summed E-state index contributed by atoms with van der Waals surface area (Å²) in [6.45, 7) is 4.17. The first kappa shape index (κ1) is 15.3. The van der Waals surface area contributed by atoms with Gasteiger partial charge in [-0.15, -0.1) is 0 Å². The molecule has 0 bridgehead atoms. The highest BCUT2D eigenvalue weighted by Crippen LogP contribution is 2.28. The third-order valence-electron chi connectivity index (χ3n) is 4.12. The van der Waals surface area contributed by atoms with Crippen LogP contribution >= 0.6 is 0 Å². The van der Waals surface area contributed by atoms with Crippen LogP contribution in [0.2, 0.25) is 0 Å². The maximum Gasteiger partial charge on any atom is 0.305 e. The van der Waals surface area contributed by atoms with Crippen LogP contribution in [0, 0.1) is 27.7 Å². The van der Waals surface area contributed by atoms with E-state index in [4.69, 9.17) is 0 Å². The normalized spacial score (nSPS) is 22.2. The van der Waals surface area contributed by atoms with Crippen LogP contribution in [0.3, 0.4) is 0 Å². The molecule has 2 atom stereocenters. The number of amides is 1. The van der Waals surface area contributed by atoms with E-state index in [0.717, 1.165) is 25.0 Å². The number of carbonyl (C=O) groups is 1. The monoisotopic (exact) mass is 298 g/mol. The van der Waals surface area contributed by atoms with Crippen LogP contribution in [-0.2, 0) is 0 Å². The molecule has 1 heterocycles. The fraction of sp³-hybridized carbons (Fsp3) is 0.500. The molecule has 2 rings (SSSR count). The second-order valence-electron chi connectivity index (χ2n) is 5.37. The van der Waals surface area contributed by atoms with E-state index in [1.54, 1.807) is 0 Å². The Kier molecular flexibility index (Phi) is 4.20. The average molecular weight is 298 g/mol. The molecule has 0 aromatic heterocycles. The van der Waals surface area contributed by atoms with Crippen LogP contribution in [0.5, 0.6) is 0 Å². The van der Waals surface area contributed by atoms with Crippen LogP contribution in [0.1, 0.15) is 37.0 Å². The summed E-state index contributed by atoms with van der Waals surface area (Å²) in [4.78, 5) is 23.5. The summed E-state index contributed by atoms with van der Waals surface area (Å²) in [6, 6.07) is 1.32. The zero-order chi connectivity index (χ0) is 15.7. The van der Waals surface area contributed by atoms with Crippen LogP contribution in [0.25, 0.3) is 0 Å². The molecule has 1 aliphatic rings. The van der Waals surface area contributed by atoms with E-state index in [0.29, 0.717) is 6.54 Å². The van der Waals surface area contributed by atoms with Crippen molar-refractivity contribution < 1.29 is 18.5 Å². The third kappa shape index (κ3) is 2.72. The van der Waals surface area contributed by atoms with Gasteiger partial charge >= 0.3 is 5.69 Å². The van der Waals surface area contributed by atoms with Crippen molar-refractivity contribution in [1.29, 1.82) is 0 Å². The fourth-order valence-electron chi connectivity index (χ4n) is 2.64. The molecule has 1 aromatic carbocycles. The second-order valence-corrected chi connectivity index (χ2v) is 5.37. The van der Waals surface area contributed by atoms with E-state index in [1.165, 1.54) is 4.90 Å². The van der Waals surface area contributed by atoms with Gasteiger partial charge in [-0.25, -0.2) is 4.39 Å². The lowest BCUT2D eigenvalue weighted by atomic mass is 9.91. The highest BCUT2D eigenvalue weighted by molar-refractivity contribution is 5.95. The number of hydrogen-bond acceptors (Lipinski definition) is 3. The van der Waals surface area contributed by atoms with Crippen molar-refractivity contribution in [3.05, 3.63) is 39.4 Å². The van der Waals surface area contributed by atoms with E-state index < -0.39 is 33.7 Å². The quantitative estimate of drug-likeness (QED) is 0.622. The minimum absolute atomic E-state index is 0.163. The molecule has 0 aliphatic carbocycles. The topological polar surface area (TPSA) is 63.5 Å². The Hall–Kier alpha value is -2.05. The largest absolute Gasteiger partial charge is 0.335 e. The first-order valence-corrected chi connectivity index (χ1v) is 6.78. The predicted octanol–water partition coefficient (Wildman–Crippen LogP) is 3.13.